The minimum atomic E-state index is -0.227. The van der Waals surface area contributed by atoms with Crippen molar-refractivity contribution in [3.8, 4) is 0 Å². The number of hydrogen-bond donors (Lipinski definition) is 1. The SMILES string of the molecule is CNC(CC(C)(C)OC)c1ccc(C)c(F)c1. The first kappa shape index (κ1) is 14.1. The second-order valence-electron chi connectivity index (χ2n) is 5.02. The summed E-state index contributed by atoms with van der Waals surface area (Å²) in [6.07, 6.45) is 0.794. The lowest BCUT2D eigenvalue weighted by Crippen LogP contribution is -2.30. The molecule has 0 heterocycles. The van der Waals surface area contributed by atoms with Crippen molar-refractivity contribution in [2.24, 2.45) is 0 Å². The Morgan fingerprint density at radius 1 is 1.41 bits per heavy atom. The molecule has 96 valence electrons. The predicted octanol–water partition coefficient (Wildman–Crippen LogP) is 3.21. The highest BCUT2D eigenvalue weighted by Gasteiger charge is 2.23. The first-order chi connectivity index (χ1) is 7.89. The van der Waals surface area contributed by atoms with Gasteiger partial charge in [0.05, 0.1) is 5.60 Å². The average molecular weight is 239 g/mol. The Balaban J connectivity index is 2.90. The number of hydrogen-bond acceptors (Lipinski definition) is 2. The first-order valence-corrected chi connectivity index (χ1v) is 5.88. The third kappa shape index (κ3) is 3.79. The van der Waals surface area contributed by atoms with Gasteiger partial charge in [0.15, 0.2) is 0 Å². The van der Waals surface area contributed by atoms with E-state index in [1.165, 1.54) is 0 Å². The highest BCUT2D eigenvalue weighted by molar-refractivity contribution is 5.26. The van der Waals surface area contributed by atoms with E-state index in [1.807, 2.05) is 33.0 Å². The maximum atomic E-state index is 13.5. The zero-order valence-corrected chi connectivity index (χ0v) is 11.3. The third-order valence-electron chi connectivity index (χ3n) is 3.20. The number of halogens is 1. The second kappa shape index (κ2) is 5.61. The molecule has 0 radical (unpaired) electrons. The summed E-state index contributed by atoms with van der Waals surface area (Å²) in [6.45, 7) is 5.83. The molecular formula is C14H22FNO. The van der Waals surface area contributed by atoms with E-state index >= 15 is 0 Å². The van der Waals surface area contributed by atoms with Crippen LogP contribution < -0.4 is 5.32 Å². The zero-order valence-electron chi connectivity index (χ0n) is 11.3. The van der Waals surface area contributed by atoms with Crippen LogP contribution in [0.1, 0.15) is 37.4 Å². The van der Waals surface area contributed by atoms with Gasteiger partial charge in [-0.15, -0.1) is 0 Å². The molecule has 1 unspecified atom stereocenters. The lowest BCUT2D eigenvalue weighted by molar-refractivity contribution is 0.00742. The fraction of sp³-hybridized carbons (Fsp3) is 0.571. The van der Waals surface area contributed by atoms with Crippen LogP contribution in [0, 0.1) is 12.7 Å². The van der Waals surface area contributed by atoms with Crippen molar-refractivity contribution in [3.63, 3.8) is 0 Å². The van der Waals surface area contributed by atoms with Gasteiger partial charge in [0, 0.05) is 13.2 Å². The van der Waals surface area contributed by atoms with Crippen LogP contribution in [0.4, 0.5) is 4.39 Å². The molecule has 0 aromatic heterocycles. The molecule has 17 heavy (non-hydrogen) atoms. The summed E-state index contributed by atoms with van der Waals surface area (Å²) < 4.78 is 18.9. The highest BCUT2D eigenvalue weighted by atomic mass is 19.1. The minimum absolute atomic E-state index is 0.0973. The highest BCUT2D eigenvalue weighted by Crippen LogP contribution is 2.26. The van der Waals surface area contributed by atoms with Crippen LogP contribution >= 0.6 is 0 Å². The molecule has 2 nitrogen and oxygen atoms in total. The molecule has 1 aromatic carbocycles. The summed E-state index contributed by atoms with van der Waals surface area (Å²) >= 11 is 0. The number of rotatable bonds is 5. The number of ether oxygens (including phenoxy) is 1. The Morgan fingerprint density at radius 2 is 2.06 bits per heavy atom. The molecule has 1 N–H and O–H groups in total. The largest absolute Gasteiger partial charge is 0.379 e. The van der Waals surface area contributed by atoms with Crippen molar-refractivity contribution in [1.29, 1.82) is 0 Å². The van der Waals surface area contributed by atoms with Crippen molar-refractivity contribution >= 4 is 0 Å². The Morgan fingerprint density at radius 3 is 2.53 bits per heavy atom. The molecule has 1 aromatic rings. The van der Waals surface area contributed by atoms with Gasteiger partial charge in [0.25, 0.3) is 0 Å². The van der Waals surface area contributed by atoms with E-state index in [0.29, 0.717) is 5.56 Å². The molecule has 0 amide bonds. The summed E-state index contributed by atoms with van der Waals surface area (Å²) in [6, 6.07) is 5.47. The third-order valence-corrected chi connectivity index (χ3v) is 3.20. The number of aryl methyl sites for hydroxylation is 1. The van der Waals surface area contributed by atoms with E-state index in [0.717, 1.165) is 12.0 Å². The molecule has 0 spiro atoms. The fourth-order valence-corrected chi connectivity index (χ4v) is 1.79. The summed E-state index contributed by atoms with van der Waals surface area (Å²) in [5.41, 5.74) is 1.41. The van der Waals surface area contributed by atoms with Crippen LogP contribution in [0.5, 0.6) is 0 Å². The number of methoxy groups -OCH3 is 1. The predicted molar refractivity (Wildman–Crippen MR) is 68.6 cm³/mol. The van der Waals surface area contributed by atoms with E-state index in [2.05, 4.69) is 5.32 Å². The van der Waals surface area contributed by atoms with Gasteiger partial charge < -0.3 is 10.1 Å². The fourth-order valence-electron chi connectivity index (χ4n) is 1.79. The lowest BCUT2D eigenvalue weighted by atomic mass is 9.93. The molecule has 0 saturated carbocycles. The Hall–Kier alpha value is -0.930. The Bertz CT molecular complexity index is 376. The van der Waals surface area contributed by atoms with Gasteiger partial charge in [-0.3, -0.25) is 0 Å². The smallest absolute Gasteiger partial charge is 0.126 e. The van der Waals surface area contributed by atoms with Crippen LogP contribution in [-0.2, 0) is 4.74 Å². The topological polar surface area (TPSA) is 21.3 Å². The Kier molecular flexibility index (Phi) is 4.66. The Labute approximate surface area is 103 Å². The maximum absolute atomic E-state index is 13.5. The van der Waals surface area contributed by atoms with Gasteiger partial charge >= 0.3 is 0 Å². The summed E-state index contributed by atoms with van der Waals surface area (Å²) in [4.78, 5) is 0. The van der Waals surface area contributed by atoms with Crippen LogP contribution in [-0.4, -0.2) is 19.8 Å². The molecule has 1 rings (SSSR count). The van der Waals surface area contributed by atoms with Crippen molar-refractivity contribution < 1.29 is 9.13 Å². The van der Waals surface area contributed by atoms with Crippen LogP contribution in [0.3, 0.4) is 0 Å². The van der Waals surface area contributed by atoms with Gasteiger partial charge in [0.1, 0.15) is 5.82 Å². The van der Waals surface area contributed by atoms with E-state index in [1.54, 1.807) is 20.1 Å². The minimum Gasteiger partial charge on any atom is -0.379 e. The first-order valence-electron chi connectivity index (χ1n) is 5.88. The van der Waals surface area contributed by atoms with Gasteiger partial charge in [-0.05, 0) is 51.4 Å². The van der Waals surface area contributed by atoms with Gasteiger partial charge in [-0.1, -0.05) is 12.1 Å². The quantitative estimate of drug-likeness (QED) is 0.852. The van der Waals surface area contributed by atoms with Crippen molar-refractivity contribution in [1.82, 2.24) is 5.32 Å². The lowest BCUT2D eigenvalue weighted by Gasteiger charge is -2.28. The van der Waals surface area contributed by atoms with E-state index < -0.39 is 0 Å². The summed E-state index contributed by atoms with van der Waals surface area (Å²) in [5, 5.41) is 3.21. The van der Waals surface area contributed by atoms with Gasteiger partial charge in [0.2, 0.25) is 0 Å². The van der Waals surface area contributed by atoms with E-state index in [9.17, 15) is 4.39 Å². The van der Waals surface area contributed by atoms with Crippen molar-refractivity contribution in [2.45, 2.75) is 38.8 Å². The summed E-state index contributed by atoms with van der Waals surface area (Å²) in [5.74, 6) is -0.155. The normalized spacial score (nSPS) is 13.8. The monoisotopic (exact) mass is 239 g/mol. The molecule has 1 atom stereocenters. The van der Waals surface area contributed by atoms with E-state index in [4.69, 9.17) is 4.74 Å². The molecule has 0 aliphatic carbocycles. The maximum Gasteiger partial charge on any atom is 0.126 e. The number of benzene rings is 1. The molecular weight excluding hydrogens is 217 g/mol. The van der Waals surface area contributed by atoms with Gasteiger partial charge in [-0.25, -0.2) is 4.39 Å². The number of nitrogens with one attached hydrogen (secondary N) is 1. The second-order valence-corrected chi connectivity index (χ2v) is 5.02. The molecule has 3 heteroatoms. The van der Waals surface area contributed by atoms with Crippen molar-refractivity contribution in [2.75, 3.05) is 14.2 Å². The van der Waals surface area contributed by atoms with Crippen molar-refractivity contribution in [3.05, 3.63) is 35.1 Å². The molecule has 0 saturated heterocycles. The van der Waals surface area contributed by atoms with E-state index in [-0.39, 0.29) is 17.5 Å². The average Bonchev–Trinajstić information content (AvgIpc) is 2.30. The van der Waals surface area contributed by atoms with Gasteiger partial charge in [-0.2, -0.15) is 0 Å². The molecule has 0 fully saturated rings. The zero-order chi connectivity index (χ0) is 13.1. The molecule has 0 aliphatic rings. The van der Waals surface area contributed by atoms with Crippen LogP contribution in [0.25, 0.3) is 0 Å². The molecule has 0 bridgehead atoms. The van der Waals surface area contributed by atoms with Crippen LogP contribution in [0.15, 0.2) is 18.2 Å². The van der Waals surface area contributed by atoms with Crippen LogP contribution in [0.2, 0.25) is 0 Å². The standard InChI is InChI=1S/C14H22FNO/c1-10-6-7-11(8-12(10)15)13(16-4)9-14(2,3)17-5/h6-8,13,16H,9H2,1-5H3. The molecule has 0 aliphatic heterocycles. The summed E-state index contributed by atoms with van der Waals surface area (Å²) in [7, 11) is 3.58.